The van der Waals surface area contributed by atoms with Crippen molar-refractivity contribution in [3.63, 3.8) is 0 Å². The molecule has 0 saturated carbocycles. The molecule has 0 radical (unpaired) electrons. The maximum absolute atomic E-state index is 13.3. The molecule has 0 spiro atoms. The van der Waals surface area contributed by atoms with E-state index >= 15 is 0 Å². The van der Waals surface area contributed by atoms with Crippen LogP contribution < -0.4 is 26.2 Å². The number of rotatable bonds is 26. The number of aryl methyl sites for hydroxylation is 2. The highest BCUT2D eigenvalue weighted by atomic mass is 35.5. The predicted molar refractivity (Wildman–Crippen MR) is 271 cm³/mol. The summed E-state index contributed by atoms with van der Waals surface area (Å²) in [6.45, 7) is 11.6. The Morgan fingerprint density at radius 2 is 1.47 bits per heavy atom. The number of hydrogen-bond donors (Lipinski definition) is 4. The summed E-state index contributed by atoms with van der Waals surface area (Å²) < 4.78 is 11.7. The van der Waals surface area contributed by atoms with Gasteiger partial charge in [-0.1, -0.05) is 49.1 Å². The number of fused-ring (bicyclic) bond motifs is 1. The normalized spacial score (nSPS) is 16.1. The molecule has 17 nitrogen and oxygen atoms in total. The molecule has 374 valence electrons. The van der Waals surface area contributed by atoms with Crippen LogP contribution in [0.3, 0.4) is 0 Å². The van der Waals surface area contributed by atoms with Gasteiger partial charge in [0.1, 0.15) is 23.5 Å². The lowest BCUT2D eigenvalue weighted by Crippen LogP contribution is -2.54. The van der Waals surface area contributed by atoms with Crippen LogP contribution in [0.25, 0.3) is 0 Å². The molecule has 3 aliphatic rings. The second-order valence-electron chi connectivity index (χ2n) is 17.9. The Bertz CT molecular complexity index is 2480. The number of amides is 6. The van der Waals surface area contributed by atoms with Crippen LogP contribution in [0.15, 0.2) is 54.6 Å². The number of anilines is 5. The number of carbonyl (C=O) groups is 6. The van der Waals surface area contributed by atoms with Crippen LogP contribution in [-0.2, 0) is 23.9 Å². The first kappa shape index (κ1) is 52.0. The second-order valence-corrected chi connectivity index (χ2v) is 19.4. The molecule has 1 atom stereocenters. The van der Waals surface area contributed by atoms with Crippen LogP contribution in [0, 0.1) is 13.8 Å². The van der Waals surface area contributed by atoms with E-state index in [1.807, 2.05) is 38.1 Å². The summed E-state index contributed by atoms with van der Waals surface area (Å²) in [5, 5.41) is 12.6. The van der Waals surface area contributed by atoms with Gasteiger partial charge in [-0.05, 0) is 108 Å². The third kappa shape index (κ3) is 14.4. The van der Waals surface area contributed by atoms with E-state index in [-0.39, 0.29) is 47.9 Å². The van der Waals surface area contributed by atoms with Gasteiger partial charge in [0.2, 0.25) is 17.7 Å². The lowest BCUT2D eigenvalue weighted by Gasteiger charge is -2.35. The zero-order chi connectivity index (χ0) is 49.4. The number of carbonyl (C=O) groups excluding carboxylic acids is 6. The van der Waals surface area contributed by atoms with Crippen molar-refractivity contribution in [2.45, 2.75) is 103 Å². The Balaban J connectivity index is 0.658. The fraction of sp³-hybridized carbons (Fsp3) is 0.490. The van der Waals surface area contributed by atoms with E-state index in [2.05, 4.69) is 36.1 Å². The zero-order valence-electron chi connectivity index (χ0n) is 40.1. The lowest BCUT2D eigenvalue weighted by atomic mass is 10.0. The van der Waals surface area contributed by atoms with Gasteiger partial charge >= 0.3 is 0 Å². The second kappa shape index (κ2) is 25.9. The number of imide groups is 2. The molecule has 70 heavy (non-hydrogen) atoms. The van der Waals surface area contributed by atoms with Gasteiger partial charge in [0.05, 0.1) is 37.4 Å². The van der Waals surface area contributed by atoms with Crippen molar-refractivity contribution >= 4 is 86.4 Å². The minimum absolute atomic E-state index is 0.0354. The van der Waals surface area contributed by atoms with Crippen molar-refractivity contribution < 1.29 is 38.2 Å². The number of halogens is 1. The number of nitrogens with zero attached hydrogens (tertiary/aromatic N) is 5. The van der Waals surface area contributed by atoms with Gasteiger partial charge in [-0.25, -0.2) is 9.97 Å². The molecule has 4 aromatic rings. The number of benzene rings is 2. The molecule has 3 aliphatic heterocycles. The van der Waals surface area contributed by atoms with E-state index in [0.717, 1.165) is 112 Å². The molecular formula is C51H64ClN9O8S. The SMILES string of the molecule is Cc1nc(Nc2ccc(C(=O)Nc3c(C)cccc3Cl)s2)cc(N2CCN(CCCCCCOCCCCCOCCCCCC(=O)Nc3cccc4c3C(=O)N(C3CCC(=O)NC3=O)C4=O)CC2)n1. The fourth-order valence-electron chi connectivity index (χ4n) is 8.78. The molecule has 2 fully saturated rings. The average Bonchev–Trinajstić information content (AvgIpc) is 3.91. The first-order valence-electron chi connectivity index (χ1n) is 24.5. The Labute approximate surface area is 418 Å². The largest absolute Gasteiger partial charge is 0.381 e. The van der Waals surface area contributed by atoms with Crippen molar-refractivity contribution in [3.8, 4) is 0 Å². The Kier molecular flexibility index (Phi) is 19.2. The maximum atomic E-state index is 13.3. The molecular weight excluding hydrogens is 934 g/mol. The van der Waals surface area contributed by atoms with Crippen LogP contribution in [0.5, 0.6) is 0 Å². The van der Waals surface area contributed by atoms with Gasteiger partial charge in [0.25, 0.3) is 17.7 Å². The molecule has 6 amide bonds. The quantitative estimate of drug-likeness (QED) is 0.0346. The number of thiophene rings is 1. The third-order valence-electron chi connectivity index (χ3n) is 12.6. The summed E-state index contributed by atoms with van der Waals surface area (Å²) in [4.78, 5) is 91.6. The average molecular weight is 999 g/mol. The van der Waals surface area contributed by atoms with E-state index < -0.39 is 29.7 Å². The number of nitrogens with one attached hydrogen (secondary N) is 4. The predicted octanol–water partition coefficient (Wildman–Crippen LogP) is 8.29. The Morgan fingerprint density at radius 3 is 2.19 bits per heavy atom. The van der Waals surface area contributed by atoms with Crippen molar-refractivity contribution in [2.24, 2.45) is 0 Å². The lowest BCUT2D eigenvalue weighted by molar-refractivity contribution is -0.136. The third-order valence-corrected chi connectivity index (χ3v) is 13.9. The Hall–Kier alpha value is -5.79. The van der Waals surface area contributed by atoms with Crippen LogP contribution in [-0.4, -0.2) is 120 Å². The summed E-state index contributed by atoms with van der Waals surface area (Å²) in [5.74, 6) is -0.568. The number of piperidine rings is 1. The van der Waals surface area contributed by atoms with Crippen molar-refractivity contribution in [1.82, 2.24) is 25.1 Å². The van der Waals surface area contributed by atoms with Crippen molar-refractivity contribution in [3.05, 3.63) is 87.0 Å². The van der Waals surface area contributed by atoms with Gasteiger partial charge in [0.15, 0.2) is 0 Å². The molecule has 0 bridgehead atoms. The number of ether oxygens (including phenoxy) is 2. The summed E-state index contributed by atoms with van der Waals surface area (Å²) in [6, 6.07) is 14.8. The standard InChI is InChI=1S/C51H64ClN9O8S/c1-34-15-13-17-37(52)47(34)58-49(65)40-21-23-45(70-40)56-41-33-42(54-35(2)53-41)60-27-25-59(26-28-60)24-8-3-4-9-29-68-31-11-6-12-32-69-30-10-5-7-19-43(62)55-38-18-14-16-36-46(38)51(67)61(50(36)66)39-20-22-44(63)57-48(39)64/h13-18,21,23,33,39H,3-12,19-20,22,24-32H2,1-2H3,(H,55,62)(H,58,65)(H,53,54,56)(H,57,63,64). The monoisotopic (exact) mass is 997 g/mol. The van der Waals surface area contributed by atoms with Gasteiger partial charge in [-0.2, -0.15) is 0 Å². The molecule has 0 aliphatic carbocycles. The number of aromatic nitrogens is 2. The topological polar surface area (TPSA) is 204 Å². The molecule has 2 aromatic carbocycles. The first-order chi connectivity index (χ1) is 33.9. The highest BCUT2D eigenvalue weighted by Crippen LogP contribution is 2.33. The van der Waals surface area contributed by atoms with E-state index in [1.54, 1.807) is 24.3 Å². The zero-order valence-corrected chi connectivity index (χ0v) is 41.7. The van der Waals surface area contributed by atoms with Gasteiger partial charge in [0, 0.05) is 71.5 Å². The Morgan fingerprint density at radius 1 is 0.786 bits per heavy atom. The summed E-state index contributed by atoms with van der Waals surface area (Å²) in [7, 11) is 0. The van der Waals surface area contributed by atoms with E-state index in [4.69, 9.17) is 26.1 Å². The summed E-state index contributed by atoms with van der Waals surface area (Å²) >= 11 is 7.67. The van der Waals surface area contributed by atoms with Crippen LogP contribution in [0.2, 0.25) is 5.02 Å². The first-order valence-corrected chi connectivity index (χ1v) is 25.7. The van der Waals surface area contributed by atoms with Crippen molar-refractivity contribution in [1.29, 1.82) is 0 Å². The van der Waals surface area contributed by atoms with E-state index in [0.29, 0.717) is 46.9 Å². The van der Waals surface area contributed by atoms with Gasteiger partial charge < -0.3 is 30.3 Å². The van der Waals surface area contributed by atoms with Gasteiger partial charge in [-0.3, -0.25) is 43.9 Å². The van der Waals surface area contributed by atoms with Crippen LogP contribution in [0.1, 0.15) is 125 Å². The molecule has 19 heteroatoms. The number of para-hydroxylation sites is 1. The van der Waals surface area contributed by atoms with Crippen molar-refractivity contribution in [2.75, 3.05) is 80.0 Å². The minimum atomic E-state index is -1.07. The smallest absolute Gasteiger partial charge is 0.265 e. The van der Waals surface area contributed by atoms with E-state index in [1.165, 1.54) is 30.2 Å². The minimum Gasteiger partial charge on any atom is -0.381 e. The highest BCUT2D eigenvalue weighted by molar-refractivity contribution is 7.18. The molecule has 2 saturated heterocycles. The maximum Gasteiger partial charge on any atom is 0.265 e. The highest BCUT2D eigenvalue weighted by Gasteiger charge is 2.45. The van der Waals surface area contributed by atoms with E-state index in [9.17, 15) is 28.8 Å². The molecule has 7 rings (SSSR count). The number of hydrogen-bond acceptors (Lipinski definition) is 14. The molecule has 5 heterocycles. The molecule has 4 N–H and O–H groups in total. The van der Waals surface area contributed by atoms with Crippen LogP contribution in [0.4, 0.5) is 28.0 Å². The fourth-order valence-corrected chi connectivity index (χ4v) is 9.86. The van der Waals surface area contributed by atoms with Crippen LogP contribution >= 0.6 is 22.9 Å². The molecule has 2 aromatic heterocycles. The number of unbranched alkanes of at least 4 members (excludes halogenated alkanes) is 7. The number of piperazine rings is 1. The van der Waals surface area contributed by atoms with Gasteiger partial charge in [-0.15, -0.1) is 11.3 Å². The summed E-state index contributed by atoms with van der Waals surface area (Å²) in [6.07, 6.45) is 10.3. The summed E-state index contributed by atoms with van der Waals surface area (Å²) in [5.41, 5.74) is 1.96. The molecule has 1 unspecified atom stereocenters.